The number of carbonyl (C=O) groups is 1. The molecule has 0 saturated heterocycles. The van der Waals surface area contributed by atoms with Crippen LogP contribution in [0.1, 0.15) is 86.5 Å². The topological polar surface area (TPSA) is 44.8 Å². The summed E-state index contributed by atoms with van der Waals surface area (Å²) in [4.78, 5) is 12.8. The lowest BCUT2D eigenvalue weighted by Gasteiger charge is -2.60. The van der Waals surface area contributed by atoms with Gasteiger partial charge in [-0.25, -0.2) is 0 Å². The normalized spacial score (nSPS) is 36.4. The first kappa shape index (κ1) is 20.1. The molecule has 4 aliphatic carbocycles. The largest absolute Gasteiger partial charge is 0.459 e. The van der Waals surface area contributed by atoms with E-state index in [4.69, 9.17) is 14.2 Å². The van der Waals surface area contributed by atoms with Crippen molar-refractivity contribution in [2.45, 2.75) is 97.7 Å². The van der Waals surface area contributed by atoms with E-state index in [0.717, 1.165) is 38.5 Å². The van der Waals surface area contributed by atoms with Gasteiger partial charge in [-0.05, 0) is 69.6 Å². The van der Waals surface area contributed by atoms with Crippen molar-refractivity contribution in [2.24, 2.45) is 22.7 Å². The van der Waals surface area contributed by atoms with Gasteiger partial charge in [0, 0.05) is 6.42 Å². The molecule has 150 valence electrons. The van der Waals surface area contributed by atoms with Gasteiger partial charge in [-0.3, -0.25) is 4.79 Å². The van der Waals surface area contributed by atoms with Gasteiger partial charge in [-0.2, -0.15) is 0 Å². The smallest absolute Gasteiger partial charge is 0.312 e. The van der Waals surface area contributed by atoms with Gasteiger partial charge in [0.2, 0.25) is 0 Å². The lowest BCUT2D eigenvalue weighted by atomic mass is 9.52. The number of hydrogen-bond donors (Lipinski definition) is 0. The van der Waals surface area contributed by atoms with Gasteiger partial charge >= 0.3 is 5.97 Å². The van der Waals surface area contributed by atoms with Gasteiger partial charge in [-0.1, -0.05) is 27.7 Å². The molecule has 4 fully saturated rings. The van der Waals surface area contributed by atoms with Crippen LogP contribution in [0.25, 0.3) is 0 Å². The Kier molecular flexibility index (Phi) is 5.24. The van der Waals surface area contributed by atoms with Crippen molar-refractivity contribution in [3.63, 3.8) is 0 Å². The summed E-state index contributed by atoms with van der Waals surface area (Å²) in [6, 6.07) is 0. The standard InChI is InChI=1S/C22H38O4/c1-7-20(5,6)18(23)26-22-11-16-8-17(12-22)10-21(9-16,13-22)25-15-24-14-19(2,3)4/h16-17H,7-15H2,1-6H3. The monoisotopic (exact) mass is 366 g/mol. The van der Waals surface area contributed by atoms with Crippen molar-refractivity contribution in [3.8, 4) is 0 Å². The highest BCUT2D eigenvalue weighted by Gasteiger charge is 2.60. The second-order valence-electron chi connectivity index (χ2n) is 11.1. The van der Waals surface area contributed by atoms with E-state index < -0.39 is 5.41 Å². The molecular formula is C22H38O4. The van der Waals surface area contributed by atoms with Gasteiger partial charge in [0.25, 0.3) is 0 Å². The van der Waals surface area contributed by atoms with Crippen LogP contribution in [-0.2, 0) is 19.0 Å². The van der Waals surface area contributed by atoms with E-state index in [0.29, 0.717) is 25.2 Å². The van der Waals surface area contributed by atoms with Crippen molar-refractivity contribution in [3.05, 3.63) is 0 Å². The summed E-state index contributed by atoms with van der Waals surface area (Å²) >= 11 is 0. The summed E-state index contributed by atoms with van der Waals surface area (Å²) in [7, 11) is 0. The second-order valence-corrected chi connectivity index (χ2v) is 11.1. The number of carbonyl (C=O) groups excluding carboxylic acids is 1. The minimum absolute atomic E-state index is 0.0407. The van der Waals surface area contributed by atoms with Crippen LogP contribution in [0.2, 0.25) is 0 Å². The van der Waals surface area contributed by atoms with E-state index >= 15 is 0 Å². The third kappa shape index (κ3) is 4.27. The average Bonchev–Trinajstić information content (AvgIpc) is 2.49. The Hall–Kier alpha value is -0.610. The van der Waals surface area contributed by atoms with Gasteiger partial charge in [0.05, 0.1) is 17.6 Å². The molecule has 2 unspecified atom stereocenters. The Labute approximate surface area is 159 Å². The molecular weight excluding hydrogens is 328 g/mol. The third-order valence-electron chi connectivity index (χ3n) is 6.68. The lowest BCUT2D eigenvalue weighted by Crippen LogP contribution is -2.62. The highest BCUT2D eigenvalue weighted by atomic mass is 16.7. The Balaban J connectivity index is 1.66. The SMILES string of the molecule is CCC(C)(C)C(=O)OC12CC3CC(CC(OCOCC(C)(C)C)(C3)C1)C2. The predicted molar refractivity (Wildman–Crippen MR) is 102 cm³/mol. The maximum Gasteiger partial charge on any atom is 0.312 e. The van der Waals surface area contributed by atoms with E-state index in [2.05, 4.69) is 27.7 Å². The maximum absolute atomic E-state index is 12.8. The van der Waals surface area contributed by atoms with Gasteiger partial charge < -0.3 is 14.2 Å². The quantitative estimate of drug-likeness (QED) is 0.357. The first-order chi connectivity index (χ1) is 12.0. The minimum atomic E-state index is -0.410. The van der Waals surface area contributed by atoms with Crippen LogP contribution in [0, 0.1) is 22.7 Å². The van der Waals surface area contributed by atoms with Crippen molar-refractivity contribution in [2.75, 3.05) is 13.4 Å². The van der Waals surface area contributed by atoms with Crippen LogP contribution in [0.4, 0.5) is 0 Å². The number of hydrogen-bond acceptors (Lipinski definition) is 4. The molecule has 0 amide bonds. The molecule has 26 heavy (non-hydrogen) atoms. The van der Waals surface area contributed by atoms with Crippen molar-refractivity contribution in [1.29, 1.82) is 0 Å². The summed E-state index contributed by atoms with van der Waals surface area (Å²) < 4.78 is 18.4. The van der Waals surface area contributed by atoms with Gasteiger partial charge in [-0.15, -0.1) is 0 Å². The highest BCUT2D eigenvalue weighted by Crippen LogP contribution is 2.60. The molecule has 4 saturated carbocycles. The fourth-order valence-electron chi connectivity index (χ4n) is 5.38. The zero-order valence-electron chi connectivity index (χ0n) is 17.7. The van der Waals surface area contributed by atoms with Crippen LogP contribution < -0.4 is 0 Å². The lowest BCUT2D eigenvalue weighted by molar-refractivity contribution is -0.258. The molecule has 0 radical (unpaired) electrons. The summed E-state index contributed by atoms with van der Waals surface area (Å²) in [6.07, 6.45) is 7.14. The Morgan fingerprint density at radius 3 is 2.12 bits per heavy atom. The molecule has 0 aromatic heterocycles. The molecule has 4 heteroatoms. The third-order valence-corrected chi connectivity index (χ3v) is 6.68. The van der Waals surface area contributed by atoms with E-state index in [9.17, 15) is 4.79 Å². The van der Waals surface area contributed by atoms with Crippen molar-refractivity contribution in [1.82, 2.24) is 0 Å². The van der Waals surface area contributed by atoms with Crippen LogP contribution in [0.5, 0.6) is 0 Å². The fourth-order valence-corrected chi connectivity index (χ4v) is 5.38. The molecule has 0 heterocycles. The van der Waals surface area contributed by atoms with E-state index in [1.165, 1.54) is 6.42 Å². The molecule has 0 aromatic rings. The minimum Gasteiger partial charge on any atom is -0.459 e. The Bertz CT molecular complexity index is 517. The van der Waals surface area contributed by atoms with Gasteiger partial charge in [0.15, 0.2) is 0 Å². The fraction of sp³-hybridized carbons (Fsp3) is 0.955. The molecule has 4 rings (SSSR count). The summed E-state index contributed by atoms with van der Waals surface area (Å²) in [6.45, 7) is 13.6. The molecule has 4 nitrogen and oxygen atoms in total. The molecule has 0 spiro atoms. The first-order valence-corrected chi connectivity index (χ1v) is 10.4. The number of ether oxygens (including phenoxy) is 3. The van der Waals surface area contributed by atoms with Gasteiger partial charge in [0.1, 0.15) is 12.4 Å². The molecule has 4 bridgehead atoms. The number of rotatable bonds is 7. The Morgan fingerprint density at radius 2 is 1.58 bits per heavy atom. The van der Waals surface area contributed by atoms with E-state index in [-0.39, 0.29) is 22.6 Å². The van der Waals surface area contributed by atoms with Crippen LogP contribution in [0.15, 0.2) is 0 Å². The summed E-state index contributed by atoms with van der Waals surface area (Å²) in [5, 5.41) is 0. The molecule has 0 N–H and O–H groups in total. The zero-order valence-corrected chi connectivity index (χ0v) is 17.7. The van der Waals surface area contributed by atoms with Crippen LogP contribution in [0.3, 0.4) is 0 Å². The average molecular weight is 367 g/mol. The second kappa shape index (κ2) is 6.77. The van der Waals surface area contributed by atoms with Crippen LogP contribution >= 0.6 is 0 Å². The molecule has 2 atom stereocenters. The Morgan fingerprint density at radius 1 is 1.00 bits per heavy atom. The van der Waals surface area contributed by atoms with Crippen molar-refractivity contribution < 1.29 is 19.0 Å². The first-order valence-electron chi connectivity index (χ1n) is 10.4. The van der Waals surface area contributed by atoms with Crippen LogP contribution in [-0.4, -0.2) is 30.6 Å². The summed E-state index contributed by atoms with van der Waals surface area (Å²) in [5.74, 6) is 1.20. The van der Waals surface area contributed by atoms with Crippen molar-refractivity contribution >= 4 is 5.97 Å². The number of esters is 1. The molecule has 4 aliphatic rings. The maximum atomic E-state index is 12.8. The molecule has 0 aliphatic heterocycles. The van der Waals surface area contributed by atoms with E-state index in [1.807, 2.05) is 13.8 Å². The zero-order chi connectivity index (χ0) is 19.2. The highest BCUT2D eigenvalue weighted by molar-refractivity contribution is 5.76. The van der Waals surface area contributed by atoms with E-state index in [1.54, 1.807) is 0 Å². The summed E-state index contributed by atoms with van der Waals surface area (Å²) in [5.41, 5.74) is -0.725. The molecule has 0 aromatic carbocycles. The predicted octanol–water partition coefficient (Wildman–Crippen LogP) is 5.09.